The minimum atomic E-state index is -4.52. The molecule has 1 aliphatic heterocycles. The lowest BCUT2D eigenvalue weighted by Gasteiger charge is -2.22. The Labute approximate surface area is 183 Å². The Balaban J connectivity index is 1.54. The first-order valence-corrected chi connectivity index (χ1v) is 10.6. The van der Waals surface area contributed by atoms with Gasteiger partial charge in [0.1, 0.15) is 11.9 Å². The van der Waals surface area contributed by atoms with Crippen LogP contribution in [0.15, 0.2) is 18.5 Å². The molecule has 2 aromatic heterocycles. The molecule has 1 amide bonds. The van der Waals surface area contributed by atoms with Gasteiger partial charge in [-0.1, -0.05) is 0 Å². The van der Waals surface area contributed by atoms with E-state index < -0.39 is 48.2 Å². The second kappa shape index (κ2) is 8.87. The van der Waals surface area contributed by atoms with Crippen LogP contribution in [0.5, 0.6) is 0 Å². The zero-order valence-electron chi connectivity index (χ0n) is 16.4. The number of hydrogen-bond donors (Lipinski definition) is 3. The average molecular weight is 478 g/mol. The van der Waals surface area contributed by atoms with E-state index >= 15 is 0 Å². The van der Waals surface area contributed by atoms with Crippen LogP contribution in [0.25, 0.3) is 10.4 Å². The number of anilines is 1. The predicted octanol–water partition coefficient (Wildman–Crippen LogP) is 3.39. The van der Waals surface area contributed by atoms with Crippen molar-refractivity contribution in [2.24, 2.45) is 5.92 Å². The van der Waals surface area contributed by atoms with Gasteiger partial charge in [-0.2, -0.15) is 13.2 Å². The van der Waals surface area contributed by atoms with Crippen LogP contribution in [0, 0.1) is 5.92 Å². The fraction of sp³-hybridized carbons (Fsp3) is 0.526. The summed E-state index contributed by atoms with van der Waals surface area (Å²) in [6.45, 7) is 0.229. The van der Waals surface area contributed by atoms with Crippen LogP contribution in [0.3, 0.4) is 0 Å². The number of amides is 1. The lowest BCUT2D eigenvalue weighted by molar-refractivity contribution is -0.146. The maximum Gasteiger partial charge on any atom is 0.408 e. The van der Waals surface area contributed by atoms with Crippen LogP contribution in [0.1, 0.15) is 34.6 Å². The van der Waals surface area contributed by atoms with Crippen molar-refractivity contribution in [3.8, 4) is 10.4 Å². The van der Waals surface area contributed by atoms with Gasteiger partial charge in [0.2, 0.25) is 0 Å². The van der Waals surface area contributed by atoms with Crippen molar-refractivity contribution in [2.75, 3.05) is 18.5 Å². The number of nitrogens with zero attached hydrogens (tertiary/aromatic N) is 2. The van der Waals surface area contributed by atoms with Gasteiger partial charge in [-0.05, 0) is 24.8 Å². The first-order valence-electron chi connectivity index (χ1n) is 9.77. The molecule has 0 aromatic carbocycles. The zero-order valence-corrected chi connectivity index (χ0v) is 17.2. The van der Waals surface area contributed by atoms with Crippen molar-refractivity contribution >= 4 is 23.1 Å². The molecule has 7 nitrogen and oxygen atoms in total. The molecule has 2 aromatic rings. The molecule has 174 valence electrons. The number of thiazole rings is 1. The van der Waals surface area contributed by atoms with Gasteiger partial charge in [0.15, 0.2) is 5.01 Å². The van der Waals surface area contributed by atoms with E-state index in [0.717, 1.165) is 23.6 Å². The third-order valence-corrected chi connectivity index (χ3v) is 6.28. The van der Waals surface area contributed by atoms with Crippen molar-refractivity contribution in [3.05, 3.63) is 29.0 Å². The summed E-state index contributed by atoms with van der Waals surface area (Å²) in [5, 5.41) is 14.5. The Morgan fingerprint density at radius 2 is 1.97 bits per heavy atom. The van der Waals surface area contributed by atoms with Gasteiger partial charge in [-0.15, -0.1) is 11.3 Å². The third-order valence-electron chi connectivity index (χ3n) is 5.25. The van der Waals surface area contributed by atoms with E-state index in [4.69, 9.17) is 4.74 Å². The Kier molecular flexibility index (Phi) is 6.32. The summed E-state index contributed by atoms with van der Waals surface area (Å²) in [5.41, 5.74) is -0.546. The smallest absolute Gasteiger partial charge is 0.388 e. The minimum absolute atomic E-state index is 0.0209. The maximum absolute atomic E-state index is 13.7. The molecular formula is C19H19F5N4O3S. The monoisotopic (exact) mass is 478 g/mol. The van der Waals surface area contributed by atoms with Gasteiger partial charge in [0.05, 0.1) is 30.2 Å². The largest absolute Gasteiger partial charge is 0.408 e. The van der Waals surface area contributed by atoms with Gasteiger partial charge in [-0.25, -0.2) is 18.7 Å². The fourth-order valence-corrected chi connectivity index (χ4v) is 4.26. The summed E-state index contributed by atoms with van der Waals surface area (Å²) in [4.78, 5) is 20.4. The van der Waals surface area contributed by atoms with Gasteiger partial charge in [-0.3, -0.25) is 4.79 Å². The van der Waals surface area contributed by atoms with Gasteiger partial charge in [0.25, 0.3) is 12.3 Å². The first kappa shape index (κ1) is 22.8. The van der Waals surface area contributed by atoms with E-state index in [1.54, 1.807) is 0 Å². The minimum Gasteiger partial charge on any atom is -0.388 e. The van der Waals surface area contributed by atoms with Crippen LogP contribution >= 0.6 is 11.3 Å². The normalized spacial score (nSPS) is 22.2. The van der Waals surface area contributed by atoms with Gasteiger partial charge >= 0.3 is 6.18 Å². The summed E-state index contributed by atoms with van der Waals surface area (Å²) in [7, 11) is 0. The molecule has 0 unspecified atom stereocenters. The standard InChI is InChI=1S/C19H19F5N4O3S/c20-16(21)9-3-14(28-15(8-1-2-8)19(22,23)24)25-4-10(9)13-5-26-18(32-13)17(30)27-11-6-31-7-12(11)29/h3-5,8,11-12,15-16,29H,1-2,6-7H2,(H,25,28)(H,27,30)/t11-,12-,15+/m1/s1. The predicted molar refractivity (Wildman–Crippen MR) is 105 cm³/mol. The summed E-state index contributed by atoms with van der Waals surface area (Å²) in [6.07, 6.45) is -5.27. The molecule has 13 heteroatoms. The molecule has 1 saturated carbocycles. The van der Waals surface area contributed by atoms with Crippen molar-refractivity contribution in [1.82, 2.24) is 15.3 Å². The van der Waals surface area contributed by atoms with Crippen molar-refractivity contribution in [1.29, 1.82) is 0 Å². The summed E-state index contributed by atoms with van der Waals surface area (Å²) < 4.78 is 72.2. The quantitative estimate of drug-likeness (QED) is 0.528. The zero-order chi connectivity index (χ0) is 23.0. The lowest BCUT2D eigenvalue weighted by Crippen LogP contribution is -2.42. The van der Waals surface area contributed by atoms with E-state index in [1.165, 1.54) is 6.20 Å². The van der Waals surface area contributed by atoms with Gasteiger partial charge < -0.3 is 20.5 Å². The van der Waals surface area contributed by atoms with Gasteiger partial charge in [0, 0.05) is 23.5 Å². The molecule has 0 bridgehead atoms. The number of nitrogens with one attached hydrogen (secondary N) is 2. The molecule has 0 spiro atoms. The van der Waals surface area contributed by atoms with E-state index in [9.17, 15) is 31.9 Å². The van der Waals surface area contributed by atoms with E-state index in [1.807, 2.05) is 0 Å². The van der Waals surface area contributed by atoms with Crippen LogP contribution in [-0.2, 0) is 4.74 Å². The molecule has 2 aliphatic rings. The number of carbonyl (C=O) groups excluding carboxylic acids is 1. The summed E-state index contributed by atoms with van der Waals surface area (Å²) in [6, 6.07) is -1.56. The molecule has 1 aliphatic carbocycles. The fourth-order valence-electron chi connectivity index (χ4n) is 3.41. The number of alkyl halides is 5. The average Bonchev–Trinajstić information content (AvgIpc) is 3.29. The van der Waals surface area contributed by atoms with Crippen LogP contribution < -0.4 is 10.6 Å². The lowest BCUT2D eigenvalue weighted by atomic mass is 10.1. The Morgan fingerprint density at radius 1 is 1.22 bits per heavy atom. The first-order chi connectivity index (χ1) is 15.1. The highest BCUT2D eigenvalue weighted by Crippen LogP contribution is 2.42. The molecule has 0 radical (unpaired) electrons. The number of aliphatic hydroxyl groups is 1. The summed E-state index contributed by atoms with van der Waals surface area (Å²) >= 11 is 0.830. The molecule has 3 heterocycles. The molecule has 2 fully saturated rings. The second-order valence-corrected chi connectivity index (χ2v) is 8.70. The number of rotatable bonds is 7. The van der Waals surface area contributed by atoms with Crippen LogP contribution in [0.4, 0.5) is 27.8 Å². The number of ether oxygens (including phenoxy) is 1. The SMILES string of the molecule is O=C(N[C@@H]1COC[C@H]1O)c1ncc(-c2cnc(N[C@@H](C3CC3)C(F)(F)F)cc2C(F)F)s1. The highest BCUT2D eigenvalue weighted by atomic mass is 32.1. The summed E-state index contributed by atoms with van der Waals surface area (Å²) in [5.74, 6) is -1.49. The topological polar surface area (TPSA) is 96.4 Å². The van der Waals surface area contributed by atoms with E-state index in [2.05, 4.69) is 20.6 Å². The van der Waals surface area contributed by atoms with Crippen molar-refractivity contribution in [3.63, 3.8) is 0 Å². The van der Waals surface area contributed by atoms with Crippen LogP contribution in [0.2, 0.25) is 0 Å². The number of carbonyl (C=O) groups is 1. The molecule has 3 N–H and O–H groups in total. The number of pyridine rings is 1. The van der Waals surface area contributed by atoms with E-state index in [0.29, 0.717) is 12.8 Å². The number of halogens is 5. The number of aliphatic hydroxyl groups excluding tert-OH is 1. The molecular weight excluding hydrogens is 459 g/mol. The Morgan fingerprint density at radius 3 is 2.56 bits per heavy atom. The second-order valence-electron chi connectivity index (χ2n) is 7.67. The molecule has 1 saturated heterocycles. The Bertz CT molecular complexity index is 982. The number of hydrogen-bond acceptors (Lipinski definition) is 7. The molecule has 4 rings (SSSR count). The van der Waals surface area contributed by atoms with Crippen molar-refractivity contribution in [2.45, 2.75) is 43.6 Å². The third kappa shape index (κ3) is 4.99. The molecule has 3 atom stereocenters. The molecule has 32 heavy (non-hydrogen) atoms. The highest BCUT2D eigenvalue weighted by Gasteiger charge is 2.49. The highest BCUT2D eigenvalue weighted by molar-refractivity contribution is 7.17. The van der Waals surface area contributed by atoms with Crippen molar-refractivity contribution < 1.29 is 36.6 Å². The van der Waals surface area contributed by atoms with E-state index in [-0.39, 0.29) is 34.5 Å². The number of aromatic nitrogens is 2. The maximum atomic E-state index is 13.7. The Hall–Kier alpha value is -2.38. The van der Waals surface area contributed by atoms with Crippen LogP contribution in [-0.4, -0.2) is 58.6 Å².